The van der Waals surface area contributed by atoms with Crippen molar-refractivity contribution in [2.45, 2.75) is 56.0 Å². The van der Waals surface area contributed by atoms with Gasteiger partial charge in [-0.3, -0.25) is 14.5 Å². The molecule has 8 nitrogen and oxygen atoms in total. The second-order valence-electron chi connectivity index (χ2n) is 9.86. The van der Waals surface area contributed by atoms with Crippen LogP contribution in [0.3, 0.4) is 0 Å². The lowest BCUT2D eigenvalue weighted by Gasteiger charge is -2.51. The molecule has 3 rings (SSSR count). The van der Waals surface area contributed by atoms with Crippen molar-refractivity contribution in [3.8, 4) is 0 Å². The molecule has 34 heavy (non-hydrogen) atoms. The first kappa shape index (κ1) is 26.2. The van der Waals surface area contributed by atoms with Crippen LogP contribution in [0.1, 0.15) is 50.5 Å². The first-order valence-corrected chi connectivity index (χ1v) is 12.3. The van der Waals surface area contributed by atoms with Gasteiger partial charge in [0.25, 0.3) is 0 Å². The summed E-state index contributed by atoms with van der Waals surface area (Å²) >= 11 is 0. The first-order chi connectivity index (χ1) is 16.3. The number of nitrogens with one attached hydrogen (secondary N) is 1. The molecule has 0 radical (unpaired) electrons. The Bertz CT molecular complexity index is 850. The average Bonchev–Trinajstić information content (AvgIpc) is 3.09. The second kappa shape index (κ2) is 11.3. The highest BCUT2D eigenvalue weighted by Crippen LogP contribution is 2.48. The lowest BCUT2D eigenvalue weighted by atomic mass is 9.68. The van der Waals surface area contributed by atoms with Gasteiger partial charge in [-0.05, 0) is 51.8 Å². The van der Waals surface area contributed by atoms with Crippen molar-refractivity contribution in [3.63, 3.8) is 0 Å². The molecule has 1 spiro atoms. The van der Waals surface area contributed by atoms with Crippen LogP contribution in [-0.4, -0.2) is 92.5 Å². The number of carbonyl (C=O) groups is 3. The Hall–Kier alpha value is -2.45. The number of hydrogen-bond acceptors (Lipinski definition) is 5. The quantitative estimate of drug-likeness (QED) is 0.501. The van der Waals surface area contributed by atoms with E-state index in [1.165, 1.54) is 5.56 Å². The van der Waals surface area contributed by atoms with Crippen molar-refractivity contribution in [2.75, 3.05) is 54.5 Å². The minimum atomic E-state index is -0.278. The van der Waals surface area contributed by atoms with Gasteiger partial charge in [-0.1, -0.05) is 30.3 Å². The number of hydrogen-bond donors (Lipinski definition) is 1. The van der Waals surface area contributed by atoms with E-state index >= 15 is 0 Å². The van der Waals surface area contributed by atoms with E-state index in [1.807, 2.05) is 11.0 Å². The fourth-order valence-corrected chi connectivity index (χ4v) is 5.67. The molecule has 1 saturated heterocycles. The third kappa shape index (κ3) is 5.44. The molecule has 3 amide bonds. The molecule has 1 aliphatic heterocycles. The molecule has 188 valence electrons. The maximum atomic E-state index is 13.4. The highest BCUT2D eigenvalue weighted by molar-refractivity contribution is 5.89. The molecule has 0 unspecified atom stereocenters. The molecular formula is C26H40N4O4. The van der Waals surface area contributed by atoms with Gasteiger partial charge in [-0.2, -0.15) is 0 Å². The molecule has 0 bridgehead atoms. The fourth-order valence-electron chi connectivity index (χ4n) is 5.67. The van der Waals surface area contributed by atoms with Crippen LogP contribution in [0.2, 0.25) is 0 Å². The number of urea groups is 1. The normalized spacial score (nSPS) is 24.8. The smallest absolute Gasteiger partial charge is 0.321 e. The number of methoxy groups -OCH3 is 1. The third-order valence-corrected chi connectivity index (χ3v) is 7.74. The molecule has 2 fully saturated rings. The largest absolute Gasteiger partial charge is 0.385 e. The molecule has 1 saturated carbocycles. The summed E-state index contributed by atoms with van der Waals surface area (Å²) in [7, 11) is 7.51. The molecule has 1 aromatic rings. The van der Waals surface area contributed by atoms with E-state index in [-0.39, 0.29) is 48.2 Å². The van der Waals surface area contributed by atoms with Crippen LogP contribution in [0.5, 0.6) is 0 Å². The van der Waals surface area contributed by atoms with Crippen LogP contribution in [-0.2, 0) is 19.9 Å². The number of amides is 3. The van der Waals surface area contributed by atoms with Crippen molar-refractivity contribution in [1.29, 1.82) is 0 Å². The summed E-state index contributed by atoms with van der Waals surface area (Å²) in [6, 6.07) is 10.6. The molecule has 1 heterocycles. The zero-order valence-corrected chi connectivity index (χ0v) is 21.1. The fraction of sp³-hybridized carbons (Fsp3) is 0.654. The zero-order chi connectivity index (χ0) is 24.8. The molecule has 1 aromatic carbocycles. The van der Waals surface area contributed by atoms with E-state index in [1.54, 1.807) is 19.1 Å². The van der Waals surface area contributed by atoms with E-state index in [2.05, 4.69) is 48.6 Å². The van der Waals surface area contributed by atoms with Gasteiger partial charge in [0.15, 0.2) is 5.78 Å². The number of ether oxygens (including phenoxy) is 1. The third-order valence-electron chi connectivity index (χ3n) is 7.74. The van der Waals surface area contributed by atoms with E-state index in [0.29, 0.717) is 19.7 Å². The number of ketones is 1. The Morgan fingerprint density at radius 1 is 1.09 bits per heavy atom. The summed E-state index contributed by atoms with van der Waals surface area (Å²) in [6.45, 7) is 1.84. The summed E-state index contributed by atoms with van der Waals surface area (Å²) in [5.74, 6) is -0.236. The number of rotatable bonds is 11. The summed E-state index contributed by atoms with van der Waals surface area (Å²) in [5.41, 5.74) is 0.969. The summed E-state index contributed by atoms with van der Waals surface area (Å²) in [5, 5.41) is 2.54. The lowest BCUT2D eigenvalue weighted by Crippen LogP contribution is -2.55. The minimum Gasteiger partial charge on any atom is -0.385 e. The highest BCUT2D eigenvalue weighted by atomic mass is 16.5. The Kier molecular flexibility index (Phi) is 8.71. The molecule has 0 aromatic heterocycles. The van der Waals surface area contributed by atoms with Crippen molar-refractivity contribution in [1.82, 2.24) is 20.0 Å². The van der Waals surface area contributed by atoms with Gasteiger partial charge >= 0.3 is 6.03 Å². The predicted octanol–water partition coefficient (Wildman–Crippen LogP) is 2.63. The van der Waals surface area contributed by atoms with Crippen molar-refractivity contribution < 1.29 is 19.1 Å². The van der Waals surface area contributed by atoms with Gasteiger partial charge in [0.05, 0.1) is 12.1 Å². The average molecular weight is 473 g/mol. The lowest BCUT2D eigenvalue weighted by molar-refractivity contribution is -0.125. The SMILES string of the molecule is CNC(=O)CCC(=O)CN1CC2(CCC(c3ccccc3)(N(C)C)CC2)N(CCCOC)C1=O. The first-order valence-electron chi connectivity index (χ1n) is 12.3. The Morgan fingerprint density at radius 2 is 1.76 bits per heavy atom. The van der Waals surface area contributed by atoms with Gasteiger partial charge in [-0.25, -0.2) is 4.79 Å². The predicted molar refractivity (Wildman–Crippen MR) is 131 cm³/mol. The van der Waals surface area contributed by atoms with Gasteiger partial charge in [-0.15, -0.1) is 0 Å². The maximum Gasteiger partial charge on any atom is 0.321 e. The summed E-state index contributed by atoms with van der Waals surface area (Å²) < 4.78 is 5.24. The Labute approximate surface area is 203 Å². The van der Waals surface area contributed by atoms with Gasteiger partial charge in [0, 0.05) is 52.2 Å². The Morgan fingerprint density at radius 3 is 2.35 bits per heavy atom. The second-order valence-corrected chi connectivity index (χ2v) is 9.86. The van der Waals surface area contributed by atoms with Crippen LogP contribution in [0, 0.1) is 0 Å². The maximum absolute atomic E-state index is 13.4. The topological polar surface area (TPSA) is 82.2 Å². The van der Waals surface area contributed by atoms with Gasteiger partial charge in [0.1, 0.15) is 0 Å². The molecule has 8 heteroatoms. The monoisotopic (exact) mass is 472 g/mol. The van der Waals surface area contributed by atoms with Crippen LogP contribution < -0.4 is 5.32 Å². The highest BCUT2D eigenvalue weighted by Gasteiger charge is 2.54. The summed E-state index contributed by atoms with van der Waals surface area (Å²) in [6.07, 6.45) is 4.71. The van der Waals surface area contributed by atoms with E-state index < -0.39 is 0 Å². The van der Waals surface area contributed by atoms with Gasteiger partial charge < -0.3 is 19.9 Å². The number of Topliss-reactive ketones (excluding diaryl/α,β-unsaturated/α-hetero) is 1. The van der Waals surface area contributed by atoms with Gasteiger partial charge in [0.2, 0.25) is 5.91 Å². The number of carbonyl (C=O) groups excluding carboxylic acids is 3. The molecule has 2 aliphatic rings. The van der Waals surface area contributed by atoms with Crippen LogP contribution >= 0.6 is 0 Å². The van der Waals surface area contributed by atoms with Crippen LogP contribution in [0.25, 0.3) is 0 Å². The molecular weight excluding hydrogens is 432 g/mol. The van der Waals surface area contributed by atoms with Crippen LogP contribution in [0.4, 0.5) is 4.79 Å². The van der Waals surface area contributed by atoms with Crippen molar-refractivity contribution >= 4 is 17.7 Å². The number of benzene rings is 1. The standard InChI is InChI=1S/C26H40N4O4/c1-27-23(32)12-11-22(31)19-29-20-25(30(24(29)33)17-8-18-34-4)13-15-26(16-14-25,28(2)3)21-9-6-5-7-10-21/h5-7,9-10H,8,11-20H2,1-4H3,(H,27,32). The minimum absolute atomic E-state index is 0.0650. The summed E-state index contributed by atoms with van der Waals surface area (Å²) in [4.78, 5) is 43.5. The molecule has 0 atom stereocenters. The molecule has 1 aliphatic carbocycles. The zero-order valence-electron chi connectivity index (χ0n) is 21.1. The number of nitrogens with zero attached hydrogens (tertiary/aromatic N) is 3. The van der Waals surface area contributed by atoms with E-state index in [4.69, 9.17) is 4.74 Å². The molecule has 1 N–H and O–H groups in total. The van der Waals surface area contributed by atoms with Crippen molar-refractivity contribution in [2.24, 2.45) is 0 Å². The Balaban J connectivity index is 1.77. The van der Waals surface area contributed by atoms with Crippen molar-refractivity contribution in [3.05, 3.63) is 35.9 Å². The van der Waals surface area contributed by atoms with E-state index in [9.17, 15) is 14.4 Å². The van der Waals surface area contributed by atoms with Crippen LogP contribution in [0.15, 0.2) is 30.3 Å². The van der Waals surface area contributed by atoms with E-state index in [0.717, 1.165) is 32.1 Å².